The van der Waals surface area contributed by atoms with Crippen LogP contribution in [0.15, 0.2) is 18.5 Å². The van der Waals surface area contributed by atoms with E-state index in [1.807, 2.05) is 0 Å². The summed E-state index contributed by atoms with van der Waals surface area (Å²) in [7, 11) is 0. The molecular weight excluding hydrogens is 282 g/mol. The molecule has 0 unspecified atom stereocenters. The van der Waals surface area contributed by atoms with Gasteiger partial charge in [-0.3, -0.25) is 20.2 Å². The highest BCUT2D eigenvalue weighted by molar-refractivity contribution is 7.18. The van der Waals surface area contributed by atoms with Crippen LogP contribution in [0.3, 0.4) is 0 Å². The van der Waals surface area contributed by atoms with Gasteiger partial charge in [0, 0.05) is 6.20 Å². The molecule has 1 N–H and O–H groups in total. The molecule has 0 aromatic carbocycles. The van der Waals surface area contributed by atoms with Gasteiger partial charge in [-0.15, -0.1) is 0 Å². The van der Waals surface area contributed by atoms with Crippen LogP contribution in [0.5, 0.6) is 0 Å². The van der Waals surface area contributed by atoms with Crippen LogP contribution in [0.1, 0.15) is 10.4 Å². The normalized spacial score (nSPS) is 10.2. The summed E-state index contributed by atoms with van der Waals surface area (Å²) in [4.78, 5) is 28.0. The molecule has 0 radical (unpaired) electrons. The van der Waals surface area contributed by atoms with Crippen molar-refractivity contribution in [1.29, 1.82) is 0 Å². The monoisotopic (exact) mass is 286 g/mol. The molecule has 1 amide bonds. The molecule has 98 valence electrons. The Morgan fingerprint density at radius 3 is 2.79 bits per heavy atom. The number of anilines is 1. The molecule has 0 aliphatic carbocycles. The van der Waals surface area contributed by atoms with Gasteiger partial charge < -0.3 is 0 Å². The summed E-state index contributed by atoms with van der Waals surface area (Å²) in [5.74, 6) is -3.77. The molecule has 2 heterocycles. The molecule has 2 rings (SSSR count). The Kier molecular flexibility index (Phi) is 3.42. The number of nitrogens with zero attached hydrogens (tertiary/aromatic N) is 3. The Bertz CT molecular complexity index is 661. The Labute approximate surface area is 108 Å². The number of nitrogens with one attached hydrogen (secondary N) is 1. The first-order chi connectivity index (χ1) is 8.99. The Morgan fingerprint density at radius 2 is 2.16 bits per heavy atom. The summed E-state index contributed by atoms with van der Waals surface area (Å²) in [6.45, 7) is 0. The molecule has 10 heteroatoms. The molecule has 0 aliphatic rings. The summed E-state index contributed by atoms with van der Waals surface area (Å²) in [6, 6.07) is 0.982. The molecule has 0 saturated carbocycles. The Morgan fingerprint density at radius 1 is 1.42 bits per heavy atom. The van der Waals surface area contributed by atoms with E-state index in [0.717, 1.165) is 18.5 Å². The van der Waals surface area contributed by atoms with Crippen molar-refractivity contribution in [2.45, 2.75) is 0 Å². The zero-order valence-electron chi connectivity index (χ0n) is 8.96. The smallest absolute Gasteiger partial charge is 0.298 e. The highest BCUT2D eigenvalue weighted by atomic mass is 32.1. The number of nitro groups is 1. The highest BCUT2D eigenvalue weighted by Crippen LogP contribution is 2.25. The number of pyridine rings is 1. The number of aromatic nitrogens is 2. The summed E-state index contributed by atoms with van der Waals surface area (Å²) in [6.07, 6.45) is 1.88. The lowest BCUT2D eigenvalue weighted by atomic mass is 10.2. The molecule has 7 nitrogen and oxygen atoms in total. The van der Waals surface area contributed by atoms with Gasteiger partial charge >= 0.3 is 5.00 Å². The van der Waals surface area contributed by atoms with E-state index in [9.17, 15) is 23.7 Å². The van der Waals surface area contributed by atoms with E-state index in [1.165, 1.54) is 0 Å². The van der Waals surface area contributed by atoms with Crippen molar-refractivity contribution >= 4 is 27.4 Å². The number of thiazole rings is 1. The Hall–Kier alpha value is -2.49. The van der Waals surface area contributed by atoms with Crippen LogP contribution >= 0.6 is 11.3 Å². The van der Waals surface area contributed by atoms with Gasteiger partial charge in [0.05, 0.1) is 10.5 Å². The molecule has 0 fully saturated rings. The van der Waals surface area contributed by atoms with E-state index in [2.05, 4.69) is 15.3 Å². The maximum absolute atomic E-state index is 13.3. The lowest BCUT2D eigenvalue weighted by molar-refractivity contribution is -0.380. The fourth-order valence-electron chi connectivity index (χ4n) is 1.17. The molecule has 2 aromatic heterocycles. The second-order valence-corrected chi connectivity index (χ2v) is 4.19. The van der Waals surface area contributed by atoms with Crippen LogP contribution in [-0.4, -0.2) is 20.8 Å². The van der Waals surface area contributed by atoms with Gasteiger partial charge in [-0.1, -0.05) is 0 Å². The van der Waals surface area contributed by atoms with E-state index in [0.29, 0.717) is 11.3 Å². The SMILES string of the molecule is O=C(Nc1ncc([N+](=O)[O-])s1)c1ccnc(F)c1F. The minimum Gasteiger partial charge on any atom is -0.298 e. The van der Waals surface area contributed by atoms with E-state index in [1.54, 1.807) is 0 Å². The number of carbonyl (C=O) groups is 1. The second kappa shape index (κ2) is 5.02. The van der Waals surface area contributed by atoms with Gasteiger partial charge in [-0.2, -0.15) is 4.39 Å². The molecule has 0 saturated heterocycles. The first-order valence-corrected chi connectivity index (χ1v) is 5.52. The third-order valence-corrected chi connectivity index (χ3v) is 2.85. The predicted molar refractivity (Wildman–Crippen MR) is 60.9 cm³/mol. The number of hydrogen-bond acceptors (Lipinski definition) is 6. The third kappa shape index (κ3) is 2.68. The first-order valence-electron chi connectivity index (χ1n) is 4.70. The fourth-order valence-corrected chi connectivity index (χ4v) is 1.79. The van der Waals surface area contributed by atoms with Gasteiger partial charge in [0.2, 0.25) is 5.95 Å². The molecule has 0 spiro atoms. The van der Waals surface area contributed by atoms with Crippen molar-refractivity contribution in [3.63, 3.8) is 0 Å². The number of amides is 1. The minimum absolute atomic E-state index is 0.0895. The van der Waals surface area contributed by atoms with Crippen LogP contribution < -0.4 is 5.32 Å². The molecule has 0 atom stereocenters. The molecule has 2 aromatic rings. The largest absolute Gasteiger partial charge is 0.345 e. The summed E-state index contributed by atoms with van der Waals surface area (Å²) < 4.78 is 26.1. The quantitative estimate of drug-likeness (QED) is 0.528. The van der Waals surface area contributed by atoms with Crippen molar-refractivity contribution < 1.29 is 18.5 Å². The molecule has 19 heavy (non-hydrogen) atoms. The minimum atomic E-state index is -1.40. The third-order valence-electron chi connectivity index (χ3n) is 1.99. The van der Waals surface area contributed by atoms with E-state index < -0.39 is 28.2 Å². The van der Waals surface area contributed by atoms with Crippen LogP contribution in [0, 0.1) is 21.9 Å². The zero-order chi connectivity index (χ0) is 14.0. The predicted octanol–water partition coefficient (Wildman–Crippen LogP) is 1.98. The van der Waals surface area contributed by atoms with Crippen LogP contribution in [-0.2, 0) is 0 Å². The van der Waals surface area contributed by atoms with Gasteiger partial charge in [0.1, 0.15) is 6.20 Å². The fraction of sp³-hybridized carbons (Fsp3) is 0. The van der Waals surface area contributed by atoms with Gasteiger partial charge in [0.15, 0.2) is 10.9 Å². The first kappa shape index (κ1) is 13.0. The number of halogens is 2. The van der Waals surface area contributed by atoms with Crippen LogP contribution in [0.2, 0.25) is 0 Å². The van der Waals surface area contributed by atoms with Crippen molar-refractivity contribution in [2.24, 2.45) is 0 Å². The van der Waals surface area contributed by atoms with E-state index in [-0.39, 0.29) is 10.1 Å². The van der Waals surface area contributed by atoms with Crippen LogP contribution in [0.4, 0.5) is 18.9 Å². The lowest BCUT2D eigenvalue weighted by Gasteiger charge is -2.02. The number of rotatable bonds is 3. The average Bonchev–Trinajstić information content (AvgIpc) is 2.81. The van der Waals surface area contributed by atoms with Crippen molar-refractivity contribution in [3.8, 4) is 0 Å². The maximum Gasteiger partial charge on any atom is 0.345 e. The van der Waals surface area contributed by atoms with Gasteiger partial charge in [-0.25, -0.2) is 14.4 Å². The van der Waals surface area contributed by atoms with Crippen molar-refractivity contribution in [3.05, 3.63) is 45.9 Å². The molecule has 0 bridgehead atoms. The van der Waals surface area contributed by atoms with E-state index in [4.69, 9.17) is 0 Å². The molecular formula is C9H4F2N4O3S. The number of carbonyl (C=O) groups excluding carboxylic acids is 1. The standard InChI is InChI=1S/C9H4F2N4O3S/c10-6-4(1-2-12-7(6)11)8(16)14-9-13-3-5(19-9)15(17)18/h1-3H,(H,13,14,16). The summed E-state index contributed by atoms with van der Waals surface area (Å²) in [5.41, 5.74) is -0.564. The average molecular weight is 286 g/mol. The second-order valence-electron chi connectivity index (χ2n) is 3.18. The number of hydrogen-bond donors (Lipinski definition) is 1. The highest BCUT2D eigenvalue weighted by Gasteiger charge is 2.19. The van der Waals surface area contributed by atoms with Crippen molar-refractivity contribution in [1.82, 2.24) is 9.97 Å². The van der Waals surface area contributed by atoms with Crippen molar-refractivity contribution in [2.75, 3.05) is 5.32 Å². The zero-order valence-corrected chi connectivity index (χ0v) is 9.78. The maximum atomic E-state index is 13.3. The summed E-state index contributed by atoms with van der Waals surface area (Å²) >= 11 is 0.600. The van der Waals surface area contributed by atoms with Gasteiger partial charge in [-0.05, 0) is 17.4 Å². The Balaban J connectivity index is 2.21. The summed E-state index contributed by atoms with van der Waals surface area (Å²) in [5, 5.41) is 12.2. The van der Waals surface area contributed by atoms with Gasteiger partial charge in [0.25, 0.3) is 5.91 Å². The molecule has 0 aliphatic heterocycles. The lowest BCUT2D eigenvalue weighted by Crippen LogP contribution is -2.14. The van der Waals surface area contributed by atoms with Crippen LogP contribution in [0.25, 0.3) is 0 Å². The van der Waals surface area contributed by atoms with E-state index >= 15 is 0 Å². The topological polar surface area (TPSA) is 98.0 Å².